The second kappa shape index (κ2) is 31.4. The molecule has 0 radical (unpaired) electrons. The monoisotopic (exact) mass is 1390 g/mol. The maximum atomic E-state index is 13.8. The van der Waals surface area contributed by atoms with Gasteiger partial charge in [-0.3, -0.25) is 14.6 Å². The molecule has 3 heterocycles. The first kappa shape index (κ1) is 72.7. The van der Waals surface area contributed by atoms with E-state index in [0.717, 1.165) is 49.4 Å². The van der Waals surface area contributed by atoms with E-state index < -0.39 is 49.4 Å². The average Bonchev–Trinajstić information content (AvgIpc) is 0.753. The number of para-hydroxylation sites is 2. The zero-order valence-corrected chi connectivity index (χ0v) is 59.0. The Morgan fingerprint density at radius 3 is 1.34 bits per heavy atom. The molecule has 1 unspecified atom stereocenters. The van der Waals surface area contributed by atoms with E-state index in [1.807, 2.05) is 39.8 Å². The number of carbonyl (C=O) groups is 1. The van der Waals surface area contributed by atoms with Gasteiger partial charge in [-0.25, -0.2) is 21.2 Å². The summed E-state index contributed by atoms with van der Waals surface area (Å²) in [5, 5.41) is -5.13. The molecule has 0 N–H and O–H groups in total. The van der Waals surface area contributed by atoms with Crippen molar-refractivity contribution in [2.45, 2.75) is 195 Å². The predicted molar refractivity (Wildman–Crippen MR) is 369 cm³/mol. The minimum absolute atomic E-state index is 0.00919. The van der Waals surface area contributed by atoms with Crippen molar-refractivity contribution in [2.24, 2.45) is 23.2 Å². The lowest BCUT2D eigenvalue weighted by Crippen LogP contribution is -2.54. The van der Waals surface area contributed by atoms with Crippen LogP contribution < -0.4 is 4.74 Å². The molecule has 0 amide bonds. The minimum atomic E-state index is -6.39. The third-order valence-corrected chi connectivity index (χ3v) is 26.0. The number of hydrogen-bond donors (Lipinski definition) is 0. The van der Waals surface area contributed by atoms with E-state index in [0.29, 0.717) is 54.1 Å². The number of ether oxygens (including phenoxy) is 2. The first-order chi connectivity index (χ1) is 45.7. The second-order valence-electron chi connectivity index (χ2n) is 27.6. The fourth-order valence-electron chi connectivity index (χ4n) is 14.8. The molecule has 3 aliphatic heterocycles. The largest absolute Gasteiger partial charge is 0.745 e. The molecule has 14 rings (SSSR count). The number of hydrogen-bond acceptors (Lipinski definition) is 11. The van der Waals surface area contributed by atoms with Crippen molar-refractivity contribution in [3.05, 3.63) is 198 Å². The summed E-state index contributed by atoms with van der Waals surface area (Å²) in [5.74, 6) is 2.16. The van der Waals surface area contributed by atoms with Crippen LogP contribution in [0.25, 0.3) is 0 Å². The van der Waals surface area contributed by atoms with E-state index in [2.05, 4.69) is 186 Å². The molecule has 96 heavy (non-hydrogen) atoms. The van der Waals surface area contributed by atoms with Gasteiger partial charge in [0.1, 0.15) is 37.7 Å². The van der Waals surface area contributed by atoms with Crippen molar-refractivity contribution in [3.8, 4) is 11.5 Å². The summed E-state index contributed by atoms with van der Waals surface area (Å²) in [6.45, 7) is 16.8. The van der Waals surface area contributed by atoms with Crippen molar-refractivity contribution in [1.29, 1.82) is 0 Å². The van der Waals surface area contributed by atoms with Gasteiger partial charge in [-0.2, -0.15) is 13.2 Å². The van der Waals surface area contributed by atoms with Crippen molar-refractivity contribution < 1.29 is 57.8 Å². The van der Waals surface area contributed by atoms with Crippen LogP contribution in [0, 0.1) is 23.2 Å². The fourth-order valence-corrected chi connectivity index (χ4v) is 20.7. The van der Waals surface area contributed by atoms with Gasteiger partial charge in [0.05, 0.1) is 21.2 Å². The molecule has 19 heteroatoms. The van der Waals surface area contributed by atoms with Crippen molar-refractivity contribution in [3.63, 3.8) is 0 Å². The number of fused-ring (bicyclic) bond motifs is 2. The van der Waals surface area contributed by atoms with E-state index in [1.54, 1.807) is 0 Å². The Morgan fingerprint density at radius 2 is 0.958 bits per heavy atom. The summed E-state index contributed by atoms with van der Waals surface area (Å²) in [4.78, 5) is 25.6. The normalized spacial score (nSPS) is 20.9. The molecule has 7 aliphatic rings. The molecule has 6 fully saturated rings. The molecule has 4 aliphatic carbocycles. The highest BCUT2D eigenvalue weighted by molar-refractivity contribution is 7.97. The topological polar surface area (TPSA) is 156 Å². The third-order valence-electron chi connectivity index (χ3n) is 19.4. The van der Waals surface area contributed by atoms with Crippen molar-refractivity contribution in [2.75, 3.05) is 32.8 Å². The zero-order valence-electron chi connectivity index (χ0n) is 55.8. The average molecular weight is 1390 g/mol. The second-order valence-corrected chi connectivity index (χ2v) is 34.5. The number of likely N-dealkylation sites (tertiary alicyclic amines) is 2. The van der Waals surface area contributed by atoms with Crippen LogP contribution in [0.4, 0.5) is 17.6 Å². The van der Waals surface area contributed by atoms with Gasteiger partial charge in [0.25, 0.3) is 0 Å². The molecular formula is C77H90F4N2O9S4. The molecule has 7 aromatic rings. The van der Waals surface area contributed by atoms with E-state index in [9.17, 15) is 48.3 Å². The summed E-state index contributed by atoms with van der Waals surface area (Å²) in [7, 11) is -11.0. The first-order valence-corrected chi connectivity index (χ1v) is 39.1. The Bertz CT molecular complexity index is 3810. The van der Waals surface area contributed by atoms with Crippen LogP contribution in [0.15, 0.2) is 204 Å². The van der Waals surface area contributed by atoms with Crippen LogP contribution in [0.1, 0.15) is 164 Å². The number of carbonyl (C=O) groups excluding carboxylic acids is 1. The van der Waals surface area contributed by atoms with Gasteiger partial charge in [0, 0.05) is 13.1 Å². The van der Waals surface area contributed by atoms with Crippen LogP contribution in [0.2, 0.25) is 0 Å². The molecule has 11 nitrogen and oxygen atoms in total. The fraction of sp³-hybridized carbons (Fsp3) is 0.442. The number of esters is 1. The Balaban J connectivity index is 0.000000140. The van der Waals surface area contributed by atoms with Gasteiger partial charge >= 0.3 is 17.1 Å². The Hall–Kier alpha value is -6.03. The molecule has 0 spiro atoms. The standard InChI is InChI=1S/C24H24NOS.C24H26NS.C15H24O3S.C14H18F4O5S/c1-6-16-25(17-7-1)18-19-12-14-20(15-13-19)27-23-10-4-2-8-21(23)26-22-9-3-5-11-24(22)27;1-4-10-22(11-5-1)26(23-12-6-2-7-13-23)24-16-14-21(15-17-24)20-25-18-8-3-9-19-25;1-9(2)12-7-13(10(3)4)15(19(16,17)18)14(8-12)11(5)6;15-13(14(16,17)18,24(20,21)22)7-23-11(19)12-4-8-1-9(5-12)3-10(2-8)6-12/h2-5,8-15H,1,6-7,16-18H2;1-2,4-7,10-17H,3,8-9,18-20H2;7-11H,1-6H3,(H,16,17,18);8-10H,1-7H2,(H,20,21,22)/q2*+1;;/p-2. The van der Waals surface area contributed by atoms with E-state index in [-0.39, 0.29) is 38.5 Å². The van der Waals surface area contributed by atoms with Crippen molar-refractivity contribution in [1.82, 2.24) is 9.80 Å². The summed E-state index contributed by atoms with van der Waals surface area (Å²) < 4.78 is 129. The van der Waals surface area contributed by atoms with Gasteiger partial charge in [-0.15, -0.1) is 0 Å². The SMILES string of the molecule is CC(C)c1cc(C(C)C)c(S(=O)(=O)[O-])c(C(C)C)c1.O=C(OCC(F)(C(F)(F)F)S(=O)(=O)[O-])C12CC3CC(CC(C3)C1)C2.c1ccc([S+](c2ccccc2)c2ccc(CN3CCCCC3)cc2)cc1.c1ccc2c(c1)Oc1ccccc1[S+]2c1ccc(CN2CCCCC2)cc1. The lowest BCUT2D eigenvalue weighted by atomic mass is 9.49. The molecule has 0 aromatic heterocycles. The van der Waals surface area contributed by atoms with Crippen LogP contribution in [-0.2, 0) is 64.6 Å². The van der Waals surface area contributed by atoms with Crippen LogP contribution in [0.5, 0.6) is 11.5 Å². The smallest absolute Gasteiger partial charge is 0.439 e. The molecule has 7 aromatic carbocycles. The predicted octanol–water partition coefficient (Wildman–Crippen LogP) is 18.1. The number of halogens is 4. The maximum absolute atomic E-state index is 13.8. The van der Waals surface area contributed by atoms with Gasteiger partial charge in [-0.1, -0.05) is 151 Å². The van der Waals surface area contributed by atoms with Gasteiger partial charge in [0.2, 0.25) is 9.79 Å². The van der Waals surface area contributed by atoms with Crippen LogP contribution in [0.3, 0.4) is 0 Å². The summed E-state index contributed by atoms with van der Waals surface area (Å²) in [6.07, 6.45) is 6.50. The quantitative estimate of drug-likeness (QED) is 0.0393. The van der Waals surface area contributed by atoms with Gasteiger partial charge in [-0.05, 0) is 227 Å². The molecule has 4 saturated carbocycles. The highest BCUT2D eigenvalue weighted by atomic mass is 32.2. The number of alkyl halides is 4. The molecule has 514 valence electrons. The third kappa shape index (κ3) is 17.5. The minimum Gasteiger partial charge on any atom is -0.745 e. The Labute approximate surface area is 572 Å². The Kier molecular flexibility index (Phi) is 23.8. The van der Waals surface area contributed by atoms with E-state index in [1.165, 1.54) is 105 Å². The lowest BCUT2D eigenvalue weighted by Gasteiger charge is -2.55. The molecule has 2 saturated heterocycles. The number of benzene rings is 7. The summed E-state index contributed by atoms with van der Waals surface area (Å²) in [6, 6.07) is 61.0. The number of piperidine rings is 2. The lowest BCUT2D eigenvalue weighted by molar-refractivity contribution is -0.218. The van der Waals surface area contributed by atoms with Gasteiger partial charge in [0.15, 0.2) is 31.1 Å². The highest BCUT2D eigenvalue weighted by Gasteiger charge is 2.64. The van der Waals surface area contributed by atoms with Crippen molar-refractivity contribution >= 4 is 48.0 Å². The summed E-state index contributed by atoms with van der Waals surface area (Å²) >= 11 is 0. The molecular weight excluding hydrogens is 1300 g/mol. The van der Waals surface area contributed by atoms with Crippen LogP contribution >= 0.6 is 0 Å². The van der Waals surface area contributed by atoms with Gasteiger partial charge < -0.3 is 18.6 Å². The first-order valence-electron chi connectivity index (χ1n) is 33.8. The molecule has 4 bridgehead atoms. The van der Waals surface area contributed by atoms with E-state index >= 15 is 0 Å². The summed E-state index contributed by atoms with van der Waals surface area (Å²) in [5.41, 5.74) is 4.25. The Morgan fingerprint density at radius 1 is 0.562 bits per heavy atom. The van der Waals surface area contributed by atoms with Crippen LogP contribution in [-0.4, -0.2) is 85.7 Å². The number of nitrogens with zero attached hydrogens (tertiary/aromatic N) is 2. The maximum Gasteiger partial charge on any atom is 0.439 e. The van der Waals surface area contributed by atoms with E-state index in [4.69, 9.17) is 4.74 Å². The number of rotatable bonds is 16. The zero-order chi connectivity index (χ0) is 68.6. The molecule has 1 atom stereocenters. The highest BCUT2D eigenvalue weighted by Crippen LogP contribution is 2.61.